The molecule has 1 saturated carbocycles. The molecule has 2 nitrogen and oxygen atoms in total. The molecule has 1 amide bonds. The van der Waals surface area contributed by atoms with Gasteiger partial charge >= 0.3 is 0 Å². The minimum absolute atomic E-state index is 0.189. The zero-order valence-electron chi connectivity index (χ0n) is 8.25. The molecule has 0 N–H and O–H groups in total. The van der Waals surface area contributed by atoms with Gasteiger partial charge in [-0.3, -0.25) is 4.79 Å². The number of carbonyl (C=O) groups is 1. The van der Waals surface area contributed by atoms with E-state index in [1.54, 1.807) is 11.9 Å². The topological polar surface area (TPSA) is 20.3 Å². The third-order valence-electron chi connectivity index (χ3n) is 2.73. The van der Waals surface area contributed by atoms with Crippen LogP contribution in [-0.4, -0.2) is 24.4 Å². The van der Waals surface area contributed by atoms with E-state index in [0.717, 1.165) is 6.54 Å². The zero-order chi connectivity index (χ0) is 9.68. The molecule has 1 rings (SSSR count). The summed E-state index contributed by atoms with van der Waals surface area (Å²) < 4.78 is 0. The van der Waals surface area contributed by atoms with Crippen LogP contribution in [0.5, 0.6) is 0 Å². The smallest absolute Gasteiger partial charge is 0.297 e. The average Bonchev–Trinajstić information content (AvgIpc) is 2.18. The maximum atomic E-state index is 11.1. The van der Waals surface area contributed by atoms with Crippen molar-refractivity contribution in [1.29, 1.82) is 0 Å². The molecule has 0 heterocycles. The number of terminal acetylenes is 1. The van der Waals surface area contributed by atoms with E-state index in [0.29, 0.717) is 5.92 Å². The molecule has 1 aliphatic carbocycles. The van der Waals surface area contributed by atoms with Crippen LogP contribution >= 0.6 is 0 Å². The molecule has 0 atom stereocenters. The minimum Gasteiger partial charge on any atom is -0.335 e. The summed E-state index contributed by atoms with van der Waals surface area (Å²) in [5.74, 6) is 2.63. The van der Waals surface area contributed by atoms with E-state index >= 15 is 0 Å². The largest absolute Gasteiger partial charge is 0.335 e. The van der Waals surface area contributed by atoms with Gasteiger partial charge in [0, 0.05) is 13.6 Å². The molecule has 13 heavy (non-hydrogen) atoms. The highest BCUT2D eigenvalue weighted by atomic mass is 16.2. The van der Waals surface area contributed by atoms with Crippen molar-refractivity contribution < 1.29 is 4.79 Å². The van der Waals surface area contributed by atoms with Crippen LogP contribution in [0.15, 0.2) is 0 Å². The second-order valence-electron chi connectivity index (χ2n) is 3.83. The first-order valence-electron chi connectivity index (χ1n) is 4.95. The van der Waals surface area contributed by atoms with E-state index in [1.165, 1.54) is 32.1 Å². The van der Waals surface area contributed by atoms with E-state index in [1.807, 2.05) is 0 Å². The lowest BCUT2D eigenvalue weighted by molar-refractivity contribution is -0.124. The number of nitrogens with zero attached hydrogens (tertiary/aromatic N) is 1. The van der Waals surface area contributed by atoms with Gasteiger partial charge in [0.1, 0.15) is 0 Å². The normalized spacial score (nSPS) is 17.8. The molecule has 0 aromatic rings. The third-order valence-corrected chi connectivity index (χ3v) is 2.73. The second kappa shape index (κ2) is 4.91. The molecule has 0 radical (unpaired) electrons. The first kappa shape index (κ1) is 10.1. The highest BCUT2D eigenvalue weighted by Crippen LogP contribution is 2.23. The molecule has 72 valence electrons. The molecular weight excluding hydrogens is 162 g/mol. The molecule has 0 saturated heterocycles. The van der Waals surface area contributed by atoms with Gasteiger partial charge < -0.3 is 4.90 Å². The maximum Gasteiger partial charge on any atom is 0.297 e. The van der Waals surface area contributed by atoms with Gasteiger partial charge in [-0.2, -0.15) is 0 Å². The predicted octanol–water partition coefficient (Wildman–Crippen LogP) is 1.66. The SMILES string of the molecule is C#CC(=O)N(C)CC1CCCCC1. The van der Waals surface area contributed by atoms with Crippen LogP contribution in [0.4, 0.5) is 0 Å². The van der Waals surface area contributed by atoms with Crippen LogP contribution in [0.1, 0.15) is 32.1 Å². The fraction of sp³-hybridized carbons (Fsp3) is 0.727. The van der Waals surface area contributed by atoms with E-state index in [-0.39, 0.29) is 5.91 Å². The Balaban J connectivity index is 2.30. The van der Waals surface area contributed by atoms with E-state index < -0.39 is 0 Å². The number of amides is 1. The lowest BCUT2D eigenvalue weighted by atomic mass is 9.89. The fourth-order valence-electron chi connectivity index (χ4n) is 1.95. The Labute approximate surface area is 80.3 Å². The Hall–Kier alpha value is -0.970. The van der Waals surface area contributed by atoms with Gasteiger partial charge in [-0.25, -0.2) is 0 Å². The van der Waals surface area contributed by atoms with Gasteiger partial charge in [-0.1, -0.05) is 19.3 Å². The summed E-state index contributed by atoms with van der Waals surface area (Å²) in [6.07, 6.45) is 11.5. The predicted molar refractivity (Wildman–Crippen MR) is 53.0 cm³/mol. The Morgan fingerprint density at radius 3 is 2.62 bits per heavy atom. The number of hydrogen-bond acceptors (Lipinski definition) is 1. The molecule has 1 aliphatic rings. The number of rotatable bonds is 2. The van der Waals surface area contributed by atoms with Gasteiger partial charge in [-0.15, -0.1) is 6.42 Å². The van der Waals surface area contributed by atoms with Crippen molar-refractivity contribution in [3.63, 3.8) is 0 Å². The number of hydrogen-bond donors (Lipinski definition) is 0. The van der Waals surface area contributed by atoms with Crippen LogP contribution in [-0.2, 0) is 4.79 Å². The van der Waals surface area contributed by atoms with Crippen molar-refractivity contribution in [3.05, 3.63) is 0 Å². The molecule has 0 aromatic heterocycles. The minimum atomic E-state index is -0.189. The van der Waals surface area contributed by atoms with Gasteiger partial charge in [0.2, 0.25) is 0 Å². The molecule has 0 aliphatic heterocycles. The molecule has 0 spiro atoms. The van der Waals surface area contributed by atoms with Crippen LogP contribution in [0.25, 0.3) is 0 Å². The van der Waals surface area contributed by atoms with Crippen LogP contribution in [0, 0.1) is 18.3 Å². The van der Waals surface area contributed by atoms with Crippen molar-refractivity contribution in [2.24, 2.45) is 5.92 Å². The van der Waals surface area contributed by atoms with Gasteiger partial charge in [0.05, 0.1) is 0 Å². The third kappa shape index (κ3) is 3.10. The van der Waals surface area contributed by atoms with Crippen molar-refractivity contribution in [1.82, 2.24) is 4.90 Å². The molecular formula is C11H17NO. The van der Waals surface area contributed by atoms with Gasteiger partial charge in [0.15, 0.2) is 0 Å². The molecule has 0 bridgehead atoms. The van der Waals surface area contributed by atoms with Crippen molar-refractivity contribution >= 4 is 5.91 Å². The van der Waals surface area contributed by atoms with Crippen molar-refractivity contribution in [3.8, 4) is 12.3 Å². The van der Waals surface area contributed by atoms with E-state index in [2.05, 4.69) is 5.92 Å². The Kier molecular flexibility index (Phi) is 3.82. The number of carbonyl (C=O) groups excluding carboxylic acids is 1. The second-order valence-corrected chi connectivity index (χ2v) is 3.83. The van der Waals surface area contributed by atoms with Crippen LogP contribution < -0.4 is 0 Å². The summed E-state index contributed by atoms with van der Waals surface area (Å²) in [4.78, 5) is 12.7. The lowest BCUT2D eigenvalue weighted by Gasteiger charge is -2.25. The van der Waals surface area contributed by atoms with Crippen molar-refractivity contribution in [2.45, 2.75) is 32.1 Å². The average molecular weight is 179 g/mol. The molecule has 1 fully saturated rings. The monoisotopic (exact) mass is 179 g/mol. The summed E-state index contributed by atoms with van der Waals surface area (Å²) in [7, 11) is 1.79. The standard InChI is InChI=1S/C11H17NO/c1-3-11(13)12(2)9-10-7-5-4-6-8-10/h1,10H,4-9H2,2H3. The summed E-state index contributed by atoms with van der Waals surface area (Å²) in [5.41, 5.74) is 0. The highest BCUT2D eigenvalue weighted by Gasteiger charge is 2.16. The summed E-state index contributed by atoms with van der Waals surface area (Å²) in [6.45, 7) is 0.836. The maximum absolute atomic E-state index is 11.1. The summed E-state index contributed by atoms with van der Waals surface area (Å²) in [6, 6.07) is 0. The Morgan fingerprint density at radius 2 is 2.08 bits per heavy atom. The Morgan fingerprint density at radius 1 is 1.46 bits per heavy atom. The van der Waals surface area contributed by atoms with Crippen LogP contribution in [0.3, 0.4) is 0 Å². The molecule has 2 heteroatoms. The quantitative estimate of drug-likeness (QED) is 0.590. The van der Waals surface area contributed by atoms with Gasteiger partial charge in [0.25, 0.3) is 5.91 Å². The van der Waals surface area contributed by atoms with Gasteiger partial charge in [-0.05, 0) is 24.7 Å². The fourth-order valence-corrected chi connectivity index (χ4v) is 1.95. The lowest BCUT2D eigenvalue weighted by Crippen LogP contribution is -2.31. The van der Waals surface area contributed by atoms with Crippen molar-refractivity contribution in [2.75, 3.05) is 13.6 Å². The summed E-state index contributed by atoms with van der Waals surface area (Å²) in [5, 5.41) is 0. The Bertz CT molecular complexity index is 211. The zero-order valence-corrected chi connectivity index (χ0v) is 8.25. The first-order valence-corrected chi connectivity index (χ1v) is 4.95. The molecule has 0 aromatic carbocycles. The van der Waals surface area contributed by atoms with Crippen LogP contribution in [0.2, 0.25) is 0 Å². The molecule has 0 unspecified atom stereocenters. The first-order chi connectivity index (χ1) is 6.24. The van der Waals surface area contributed by atoms with E-state index in [9.17, 15) is 4.79 Å². The summed E-state index contributed by atoms with van der Waals surface area (Å²) >= 11 is 0. The van der Waals surface area contributed by atoms with E-state index in [4.69, 9.17) is 6.42 Å². The highest BCUT2D eigenvalue weighted by molar-refractivity contribution is 5.92.